The molecule has 2 fully saturated rings. The van der Waals surface area contributed by atoms with Crippen LogP contribution >= 0.6 is 0 Å². The average Bonchev–Trinajstić information content (AvgIpc) is 3.34. The minimum Gasteiger partial charge on any atom is -0.495 e. The van der Waals surface area contributed by atoms with Crippen LogP contribution in [0.4, 0.5) is 23.2 Å². The van der Waals surface area contributed by atoms with Crippen LogP contribution in [0.15, 0.2) is 41.6 Å². The fraction of sp³-hybridized carbons (Fsp3) is 0.484. The van der Waals surface area contributed by atoms with Gasteiger partial charge in [-0.1, -0.05) is 18.8 Å². The largest absolute Gasteiger partial charge is 0.495 e. The van der Waals surface area contributed by atoms with Gasteiger partial charge in [0.15, 0.2) is 9.84 Å². The Balaban J connectivity index is 1.36. The summed E-state index contributed by atoms with van der Waals surface area (Å²) in [7, 11) is -2.03. The second-order valence-corrected chi connectivity index (χ2v) is 13.7. The minimum atomic E-state index is -4.50. The van der Waals surface area contributed by atoms with Gasteiger partial charge in [0.05, 0.1) is 41.6 Å². The van der Waals surface area contributed by atoms with Crippen molar-refractivity contribution in [3.05, 3.63) is 47.8 Å². The first-order valence-corrected chi connectivity index (χ1v) is 16.5. The van der Waals surface area contributed by atoms with E-state index in [4.69, 9.17) is 4.74 Å². The molecule has 1 aromatic heterocycles. The Kier molecular flexibility index (Phi) is 9.32. The van der Waals surface area contributed by atoms with E-state index in [1.165, 1.54) is 31.4 Å². The summed E-state index contributed by atoms with van der Waals surface area (Å²) >= 11 is 0. The molecule has 5 rings (SSSR count). The zero-order valence-corrected chi connectivity index (χ0v) is 25.9. The van der Waals surface area contributed by atoms with Gasteiger partial charge in [0, 0.05) is 43.1 Å². The maximum Gasteiger partial charge on any atom is 0.406 e. The molecule has 2 aromatic carbocycles. The van der Waals surface area contributed by atoms with Crippen LogP contribution in [-0.4, -0.2) is 86.2 Å². The van der Waals surface area contributed by atoms with Crippen LogP contribution in [0.1, 0.15) is 42.1 Å². The number of carbonyl (C=O) groups excluding carboxylic acids is 1. The predicted octanol–water partition coefficient (Wildman–Crippen LogP) is 4.42. The maximum absolute atomic E-state index is 13.6. The molecule has 0 spiro atoms. The predicted molar refractivity (Wildman–Crippen MR) is 162 cm³/mol. The van der Waals surface area contributed by atoms with Gasteiger partial charge in [-0.3, -0.25) is 9.69 Å². The molecule has 1 saturated heterocycles. The van der Waals surface area contributed by atoms with Crippen molar-refractivity contribution in [1.29, 1.82) is 0 Å². The van der Waals surface area contributed by atoms with Crippen molar-refractivity contribution in [3.63, 3.8) is 0 Å². The molecule has 3 aromatic rings. The summed E-state index contributed by atoms with van der Waals surface area (Å²) in [6.45, 7) is 2.29. The number of methoxy groups -OCH3 is 1. The molecule has 1 saturated carbocycles. The van der Waals surface area contributed by atoms with Crippen LogP contribution in [0.2, 0.25) is 0 Å². The number of imidazole rings is 1. The number of nitrogens with one attached hydrogen (secondary N) is 2. The normalized spacial score (nSPS) is 22.3. The van der Waals surface area contributed by atoms with Crippen LogP contribution in [0.25, 0.3) is 11.0 Å². The molecule has 1 amide bonds. The van der Waals surface area contributed by atoms with E-state index in [1.54, 1.807) is 6.07 Å². The first kappa shape index (κ1) is 32.6. The molecule has 9 nitrogen and oxygen atoms in total. The number of amides is 1. The summed E-state index contributed by atoms with van der Waals surface area (Å²) in [5.41, 5.74) is 1.22. The second kappa shape index (κ2) is 12.9. The van der Waals surface area contributed by atoms with Crippen LogP contribution < -0.4 is 15.4 Å². The van der Waals surface area contributed by atoms with Crippen molar-refractivity contribution in [3.8, 4) is 17.6 Å². The molecular formula is C31H35F4N5O4S. The minimum absolute atomic E-state index is 0.0934. The first-order valence-electron chi connectivity index (χ1n) is 14.6. The summed E-state index contributed by atoms with van der Waals surface area (Å²) in [4.78, 5) is 20.1. The number of hydrogen-bond donors (Lipinski definition) is 2. The molecule has 1 aliphatic heterocycles. The van der Waals surface area contributed by atoms with Gasteiger partial charge in [-0.15, -0.1) is 0 Å². The number of halogens is 4. The summed E-state index contributed by atoms with van der Waals surface area (Å²) in [6, 6.07) is 7.44. The number of aromatic nitrogens is 2. The third-order valence-corrected chi connectivity index (χ3v) is 9.46. The summed E-state index contributed by atoms with van der Waals surface area (Å²) in [5.74, 6) is 5.76. The van der Waals surface area contributed by atoms with E-state index in [2.05, 4.69) is 32.4 Å². The van der Waals surface area contributed by atoms with E-state index in [9.17, 15) is 30.8 Å². The van der Waals surface area contributed by atoms with Gasteiger partial charge in [0.1, 0.15) is 24.0 Å². The Morgan fingerprint density at radius 3 is 2.60 bits per heavy atom. The van der Waals surface area contributed by atoms with Gasteiger partial charge in [-0.25, -0.2) is 17.8 Å². The molecule has 45 heavy (non-hydrogen) atoms. The molecule has 0 unspecified atom stereocenters. The summed E-state index contributed by atoms with van der Waals surface area (Å²) < 4.78 is 83.3. The maximum atomic E-state index is 13.6. The third-order valence-electron chi connectivity index (χ3n) is 8.35. The lowest BCUT2D eigenvalue weighted by atomic mass is 9.85. The molecule has 2 aliphatic rings. The van der Waals surface area contributed by atoms with Crippen molar-refractivity contribution in [1.82, 2.24) is 19.8 Å². The summed E-state index contributed by atoms with van der Waals surface area (Å²) in [6.07, 6.45) is -1.34. The van der Waals surface area contributed by atoms with Crippen LogP contribution in [0.3, 0.4) is 0 Å². The van der Waals surface area contributed by atoms with Crippen molar-refractivity contribution in [2.75, 3.05) is 38.3 Å². The SMILES string of the molecule is COc1cc(S(C)(=O)=O)ccc1NCC#Cc1cc(C(=O)N[C@H]2CCN(C3CC(F)C3)C[C@@H]2C)c2ncn(CC(F)(F)F)c2c1. The van der Waals surface area contributed by atoms with Crippen LogP contribution in [0.5, 0.6) is 5.75 Å². The van der Waals surface area contributed by atoms with E-state index >= 15 is 0 Å². The smallest absolute Gasteiger partial charge is 0.406 e. The summed E-state index contributed by atoms with van der Waals surface area (Å²) in [5, 5.41) is 6.10. The Morgan fingerprint density at radius 2 is 1.96 bits per heavy atom. The number of sulfone groups is 1. The number of anilines is 1. The molecule has 0 radical (unpaired) electrons. The zero-order chi connectivity index (χ0) is 32.5. The van der Waals surface area contributed by atoms with E-state index in [0.29, 0.717) is 36.3 Å². The number of nitrogens with zero attached hydrogens (tertiary/aromatic N) is 3. The molecule has 2 N–H and O–H groups in total. The zero-order valence-electron chi connectivity index (χ0n) is 25.1. The number of rotatable bonds is 8. The van der Waals surface area contributed by atoms with E-state index in [-0.39, 0.29) is 46.0 Å². The molecule has 2 atom stereocenters. The number of likely N-dealkylation sites (tertiary alicyclic amines) is 1. The van der Waals surface area contributed by atoms with Crippen LogP contribution in [-0.2, 0) is 16.4 Å². The van der Waals surface area contributed by atoms with Crippen molar-refractivity contribution < 1.29 is 35.5 Å². The fourth-order valence-electron chi connectivity index (χ4n) is 5.85. The Labute approximate surface area is 259 Å². The second-order valence-electron chi connectivity index (χ2n) is 11.7. The average molecular weight is 650 g/mol. The first-order chi connectivity index (χ1) is 21.2. The van der Waals surface area contributed by atoms with E-state index < -0.39 is 34.6 Å². The van der Waals surface area contributed by atoms with Gasteiger partial charge in [-0.2, -0.15) is 13.2 Å². The Hall–Kier alpha value is -3.83. The number of fused-ring (bicyclic) bond motifs is 1. The van der Waals surface area contributed by atoms with Gasteiger partial charge in [-0.05, 0) is 49.4 Å². The van der Waals surface area contributed by atoms with Crippen LogP contribution in [0, 0.1) is 17.8 Å². The molecule has 14 heteroatoms. The highest BCUT2D eigenvalue weighted by molar-refractivity contribution is 7.90. The quantitative estimate of drug-likeness (QED) is 0.275. The Bertz CT molecular complexity index is 1740. The molecule has 242 valence electrons. The number of benzene rings is 2. The molecule has 2 heterocycles. The van der Waals surface area contributed by atoms with Gasteiger partial charge in [0.2, 0.25) is 0 Å². The fourth-order valence-corrected chi connectivity index (χ4v) is 6.49. The number of hydrogen-bond acceptors (Lipinski definition) is 7. The lowest BCUT2D eigenvalue weighted by molar-refractivity contribution is -0.139. The molecule has 1 aliphatic carbocycles. The van der Waals surface area contributed by atoms with Crippen molar-refractivity contribution >= 4 is 32.5 Å². The Morgan fingerprint density at radius 1 is 1.20 bits per heavy atom. The van der Waals surface area contributed by atoms with Gasteiger partial charge < -0.3 is 19.9 Å². The standard InChI is InChI=1S/C31H35F4N5O4S/c1-19-16-39(22-13-21(32)14-22)10-8-25(19)38-30(41)24-11-20(12-27-29(24)37-18-40(27)17-31(33,34)35)5-4-9-36-26-7-6-23(45(3,42)43)15-28(26)44-2/h6-7,11-12,15,18-19,21-22,25,36H,8-10,13-14,16-17H2,1-3H3,(H,38,41)/t19-,21?,22?,25-/m0/s1. The lowest BCUT2D eigenvalue weighted by Gasteiger charge is -2.45. The molecular weight excluding hydrogens is 614 g/mol. The van der Waals surface area contributed by atoms with Crippen molar-refractivity contribution in [2.24, 2.45) is 5.92 Å². The molecule has 0 bridgehead atoms. The number of alkyl halides is 4. The van der Waals surface area contributed by atoms with E-state index in [0.717, 1.165) is 30.2 Å². The van der Waals surface area contributed by atoms with Gasteiger partial charge >= 0.3 is 6.18 Å². The van der Waals surface area contributed by atoms with Crippen molar-refractivity contribution in [2.45, 2.75) is 62.1 Å². The van der Waals surface area contributed by atoms with E-state index in [1.807, 2.05) is 6.92 Å². The third kappa shape index (κ3) is 7.70. The highest BCUT2D eigenvalue weighted by Gasteiger charge is 2.38. The monoisotopic (exact) mass is 649 g/mol. The number of piperidine rings is 1. The number of carbonyl (C=O) groups is 1. The van der Waals surface area contributed by atoms with Gasteiger partial charge in [0.25, 0.3) is 5.91 Å². The lowest BCUT2D eigenvalue weighted by Crippen LogP contribution is -2.55. The highest BCUT2D eigenvalue weighted by Crippen LogP contribution is 2.32. The number of ether oxygens (including phenoxy) is 1. The topological polar surface area (TPSA) is 106 Å². The highest BCUT2D eigenvalue weighted by atomic mass is 32.2.